The van der Waals surface area contributed by atoms with Gasteiger partial charge in [-0.3, -0.25) is 4.90 Å². The molecule has 2 aromatic rings. The second-order valence-corrected chi connectivity index (χ2v) is 9.84. The van der Waals surface area contributed by atoms with Crippen molar-refractivity contribution in [2.24, 2.45) is 5.92 Å². The van der Waals surface area contributed by atoms with Gasteiger partial charge in [0.25, 0.3) is 0 Å². The number of rotatable bonds is 7. The number of hydrogen-bond acceptors (Lipinski definition) is 8. The molecule has 4 rings (SSSR count). The molecule has 0 spiro atoms. The molecule has 0 radical (unpaired) electrons. The van der Waals surface area contributed by atoms with Gasteiger partial charge in [0.1, 0.15) is 23.8 Å². The maximum Gasteiger partial charge on any atom is 0.415 e. The number of fused-ring (bicyclic) bond motifs is 1. The van der Waals surface area contributed by atoms with Gasteiger partial charge in [-0.2, -0.15) is 4.98 Å². The standard InChI is InChI=1S/C25H33N5O5/c1-6-30-21-19(15-34-24(30)32)11-26-22(28-21)27-16(2)18-7-9-20(10-8-18)33-14-17-12-29(13-17)23(31)35-25(3,4)5/h7-11,16-17H,6,12-15H2,1-5H3,(H,26,27,28). The highest BCUT2D eigenvalue weighted by atomic mass is 16.6. The fraction of sp³-hybridized carbons (Fsp3) is 0.520. The lowest BCUT2D eigenvalue weighted by Crippen LogP contribution is -2.53. The minimum absolute atomic E-state index is 0.0539. The Kier molecular flexibility index (Phi) is 7.00. The Morgan fingerprint density at radius 3 is 2.63 bits per heavy atom. The van der Waals surface area contributed by atoms with Gasteiger partial charge >= 0.3 is 12.2 Å². The molecule has 10 heteroatoms. The molecule has 1 aromatic heterocycles. The first-order valence-corrected chi connectivity index (χ1v) is 11.9. The number of nitrogens with zero attached hydrogens (tertiary/aromatic N) is 4. The highest BCUT2D eigenvalue weighted by Gasteiger charge is 2.34. The molecule has 10 nitrogen and oxygen atoms in total. The van der Waals surface area contributed by atoms with E-state index < -0.39 is 11.7 Å². The van der Waals surface area contributed by atoms with Crippen LogP contribution in [0, 0.1) is 5.92 Å². The van der Waals surface area contributed by atoms with Crippen molar-refractivity contribution in [1.29, 1.82) is 0 Å². The number of cyclic esters (lactones) is 1. The zero-order valence-corrected chi connectivity index (χ0v) is 20.9. The van der Waals surface area contributed by atoms with Crippen LogP contribution >= 0.6 is 0 Å². The van der Waals surface area contributed by atoms with Crippen LogP contribution in [-0.2, 0) is 16.1 Å². The molecule has 2 aliphatic heterocycles. The molecular weight excluding hydrogens is 450 g/mol. The van der Waals surface area contributed by atoms with E-state index in [0.29, 0.717) is 43.9 Å². The van der Waals surface area contributed by atoms with Gasteiger partial charge < -0.3 is 24.4 Å². The molecule has 0 bridgehead atoms. The van der Waals surface area contributed by atoms with Gasteiger partial charge in [0.2, 0.25) is 5.95 Å². The number of hydrogen-bond donors (Lipinski definition) is 1. The van der Waals surface area contributed by atoms with E-state index in [4.69, 9.17) is 14.2 Å². The summed E-state index contributed by atoms with van der Waals surface area (Å²) < 4.78 is 16.4. The van der Waals surface area contributed by atoms with Crippen LogP contribution in [0.3, 0.4) is 0 Å². The summed E-state index contributed by atoms with van der Waals surface area (Å²) in [6.45, 7) is 12.0. The maximum atomic E-state index is 12.0. The Morgan fingerprint density at radius 1 is 1.26 bits per heavy atom. The van der Waals surface area contributed by atoms with Crippen LogP contribution in [0.25, 0.3) is 0 Å². The number of likely N-dealkylation sites (tertiary alicyclic amines) is 1. The predicted molar refractivity (Wildman–Crippen MR) is 131 cm³/mol. The number of ether oxygens (including phenoxy) is 3. The van der Waals surface area contributed by atoms with E-state index in [2.05, 4.69) is 15.3 Å². The Morgan fingerprint density at radius 2 is 1.97 bits per heavy atom. The number of benzene rings is 1. The number of nitrogens with one attached hydrogen (secondary N) is 1. The van der Waals surface area contributed by atoms with Gasteiger partial charge in [-0.15, -0.1) is 0 Å². The van der Waals surface area contributed by atoms with Crippen molar-refractivity contribution in [3.05, 3.63) is 41.6 Å². The lowest BCUT2D eigenvalue weighted by Gasteiger charge is -2.39. The quantitative estimate of drug-likeness (QED) is 0.619. The second kappa shape index (κ2) is 9.97. The highest BCUT2D eigenvalue weighted by molar-refractivity contribution is 5.89. The lowest BCUT2D eigenvalue weighted by molar-refractivity contribution is -0.00782. The molecule has 2 amide bonds. The predicted octanol–water partition coefficient (Wildman–Crippen LogP) is 4.37. The van der Waals surface area contributed by atoms with Gasteiger partial charge in [0.05, 0.1) is 18.2 Å². The van der Waals surface area contributed by atoms with Gasteiger partial charge in [-0.25, -0.2) is 14.6 Å². The third kappa shape index (κ3) is 5.93. The number of aromatic nitrogens is 2. The fourth-order valence-corrected chi connectivity index (χ4v) is 3.88. The summed E-state index contributed by atoms with van der Waals surface area (Å²) in [5.41, 5.74) is 1.35. The van der Waals surface area contributed by atoms with Crippen LogP contribution in [0.1, 0.15) is 51.8 Å². The Bertz CT molecular complexity index is 1060. The summed E-state index contributed by atoms with van der Waals surface area (Å²) in [4.78, 5) is 36.1. The third-order valence-electron chi connectivity index (χ3n) is 5.81. The first kappa shape index (κ1) is 24.6. The smallest absolute Gasteiger partial charge is 0.415 e. The Hall–Kier alpha value is -3.56. The minimum atomic E-state index is -0.484. The average Bonchev–Trinajstić information content (AvgIpc) is 2.77. The van der Waals surface area contributed by atoms with Crippen molar-refractivity contribution in [3.63, 3.8) is 0 Å². The molecule has 2 aliphatic rings. The molecule has 1 unspecified atom stereocenters. The zero-order chi connectivity index (χ0) is 25.2. The van der Waals surface area contributed by atoms with Gasteiger partial charge in [0, 0.05) is 31.7 Å². The molecule has 1 N–H and O–H groups in total. The van der Waals surface area contributed by atoms with Crippen molar-refractivity contribution in [2.45, 2.75) is 52.9 Å². The van der Waals surface area contributed by atoms with Crippen LogP contribution in [0.15, 0.2) is 30.5 Å². The van der Waals surface area contributed by atoms with E-state index in [1.165, 1.54) is 4.90 Å². The van der Waals surface area contributed by atoms with Crippen LogP contribution in [0.4, 0.5) is 21.4 Å². The number of carbonyl (C=O) groups excluding carboxylic acids is 2. The summed E-state index contributed by atoms with van der Waals surface area (Å²) in [6, 6.07) is 7.80. The van der Waals surface area contributed by atoms with Crippen molar-refractivity contribution in [3.8, 4) is 5.75 Å². The largest absolute Gasteiger partial charge is 0.493 e. The molecular formula is C25H33N5O5. The van der Waals surface area contributed by atoms with Crippen LogP contribution < -0.4 is 15.0 Å². The summed E-state index contributed by atoms with van der Waals surface area (Å²) in [6.07, 6.45) is 1.02. The molecule has 1 fully saturated rings. The summed E-state index contributed by atoms with van der Waals surface area (Å²) in [5.74, 6) is 2.10. The monoisotopic (exact) mass is 483 g/mol. The van der Waals surface area contributed by atoms with Crippen molar-refractivity contribution < 1.29 is 23.8 Å². The van der Waals surface area contributed by atoms with E-state index in [1.54, 1.807) is 11.1 Å². The number of amides is 2. The van der Waals surface area contributed by atoms with Gasteiger partial charge in [-0.05, 0) is 52.3 Å². The maximum absolute atomic E-state index is 12.0. The summed E-state index contributed by atoms with van der Waals surface area (Å²) in [7, 11) is 0. The topological polar surface area (TPSA) is 106 Å². The first-order chi connectivity index (χ1) is 16.6. The Labute approximate surface area is 205 Å². The highest BCUT2D eigenvalue weighted by Crippen LogP contribution is 2.27. The Balaban J connectivity index is 1.27. The third-order valence-corrected chi connectivity index (χ3v) is 5.81. The van der Waals surface area contributed by atoms with Crippen LogP contribution in [0.2, 0.25) is 0 Å². The number of anilines is 2. The van der Waals surface area contributed by atoms with E-state index in [9.17, 15) is 9.59 Å². The normalized spacial score (nSPS) is 16.7. The van der Waals surface area contributed by atoms with Crippen LogP contribution in [0.5, 0.6) is 5.75 Å². The molecule has 3 heterocycles. The summed E-state index contributed by atoms with van der Waals surface area (Å²) in [5, 5.41) is 3.30. The molecule has 1 saturated heterocycles. The lowest BCUT2D eigenvalue weighted by atomic mass is 10.0. The van der Waals surface area contributed by atoms with Gasteiger partial charge in [0.15, 0.2) is 0 Å². The van der Waals surface area contributed by atoms with E-state index in [-0.39, 0.29) is 18.7 Å². The van der Waals surface area contributed by atoms with Crippen molar-refractivity contribution in [1.82, 2.24) is 14.9 Å². The van der Waals surface area contributed by atoms with E-state index in [1.807, 2.05) is 58.9 Å². The fourth-order valence-electron chi connectivity index (χ4n) is 3.88. The van der Waals surface area contributed by atoms with Crippen LogP contribution in [-0.4, -0.2) is 58.9 Å². The molecule has 0 aliphatic carbocycles. The summed E-state index contributed by atoms with van der Waals surface area (Å²) >= 11 is 0. The molecule has 0 saturated carbocycles. The average molecular weight is 484 g/mol. The minimum Gasteiger partial charge on any atom is -0.493 e. The van der Waals surface area contributed by atoms with Crippen molar-refractivity contribution in [2.75, 3.05) is 36.5 Å². The zero-order valence-electron chi connectivity index (χ0n) is 20.9. The molecule has 1 aromatic carbocycles. The van der Waals surface area contributed by atoms with Crippen molar-refractivity contribution >= 4 is 24.0 Å². The van der Waals surface area contributed by atoms with Gasteiger partial charge in [-0.1, -0.05) is 12.1 Å². The second-order valence-electron chi connectivity index (χ2n) is 9.84. The van der Waals surface area contributed by atoms with E-state index >= 15 is 0 Å². The first-order valence-electron chi connectivity index (χ1n) is 11.9. The molecule has 188 valence electrons. The molecule has 1 atom stereocenters. The SMILES string of the molecule is CCN1C(=O)OCc2cnc(NC(C)c3ccc(OCC4CN(C(=O)OC(C)(C)C)C4)cc3)nc21. The molecule has 35 heavy (non-hydrogen) atoms. The van der Waals surface area contributed by atoms with E-state index in [0.717, 1.165) is 16.9 Å². The number of carbonyl (C=O) groups is 2.